The van der Waals surface area contributed by atoms with Crippen LogP contribution in [0.1, 0.15) is 41.4 Å². The molecule has 8 heteroatoms. The number of nitrogens with zero attached hydrogens (tertiary/aromatic N) is 2. The first-order valence-corrected chi connectivity index (χ1v) is 11.1. The fourth-order valence-electron chi connectivity index (χ4n) is 4.34. The number of carbonyl (C=O) groups excluding carboxylic acids is 1. The van der Waals surface area contributed by atoms with Crippen molar-refractivity contribution >= 4 is 28.0 Å². The molecule has 166 valence electrons. The number of carboxylic acid groups (broad SMARTS) is 1. The molecule has 1 aromatic heterocycles. The van der Waals surface area contributed by atoms with E-state index in [1.54, 1.807) is 11.6 Å². The van der Waals surface area contributed by atoms with Crippen molar-refractivity contribution in [3.63, 3.8) is 0 Å². The van der Waals surface area contributed by atoms with Crippen LogP contribution in [0.5, 0.6) is 0 Å². The Morgan fingerprint density at radius 3 is 2.19 bits per heavy atom. The summed E-state index contributed by atoms with van der Waals surface area (Å²) in [5, 5.41) is 16.6. The number of aliphatic carboxylic acids is 1. The summed E-state index contributed by atoms with van der Waals surface area (Å²) in [5.74, 6) is -1.25. The number of aryl methyl sites for hydroxylation is 1. The molecule has 0 spiro atoms. The van der Waals surface area contributed by atoms with Crippen molar-refractivity contribution in [1.29, 1.82) is 0 Å². The van der Waals surface area contributed by atoms with Gasteiger partial charge in [-0.15, -0.1) is 0 Å². The second kappa shape index (κ2) is 8.78. The van der Waals surface area contributed by atoms with Crippen molar-refractivity contribution < 1.29 is 19.4 Å². The van der Waals surface area contributed by atoms with E-state index in [1.165, 1.54) is 0 Å². The summed E-state index contributed by atoms with van der Waals surface area (Å²) in [5.41, 5.74) is 5.98. The van der Waals surface area contributed by atoms with Crippen LogP contribution in [-0.4, -0.2) is 39.6 Å². The number of halogens is 1. The summed E-state index contributed by atoms with van der Waals surface area (Å²) in [4.78, 5) is 24.5. The molecule has 0 bridgehead atoms. The Hall–Kier alpha value is -3.13. The molecular weight excluding hydrogens is 474 g/mol. The summed E-state index contributed by atoms with van der Waals surface area (Å²) in [7, 11) is 0. The molecule has 2 aromatic carbocycles. The molecule has 1 heterocycles. The zero-order chi connectivity index (χ0) is 23.0. The average Bonchev–Trinajstić information content (AvgIpc) is 3.24. The number of rotatable bonds is 6. The molecule has 2 atom stereocenters. The van der Waals surface area contributed by atoms with Gasteiger partial charge < -0.3 is 15.2 Å². The van der Waals surface area contributed by atoms with Crippen molar-refractivity contribution in [2.75, 3.05) is 6.61 Å². The van der Waals surface area contributed by atoms with E-state index in [9.17, 15) is 14.7 Å². The van der Waals surface area contributed by atoms with Crippen LogP contribution in [0.4, 0.5) is 4.79 Å². The Kier molecular flexibility index (Phi) is 6.06. The predicted octanol–water partition coefficient (Wildman–Crippen LogP) is 4.82. The molecule has 1 aliphatic rings. The molecule has 0 radical (unpaired) electrons. The quantitative estimate of drug-likeness (QED) is 0.509. The van der Waals surface area contributed by atoms with Crippen molar-refractivity contribution in [3.05, 3.63) is 75.5 Å². The van der Waals surface area contributed by atoms with Gasteiger partial charge in [-0.1, -0.05) is 48.5 Å². The molecule has 0 saturated carbocycles. The number of ether oxygens (including phenoxy) is 1. The molecule has 32 heavy (non-hydrogen) atoms. The van der Waals surface area contributed by atoms with Crippen molar-refractivity contribution in [2.45, 2.75) is 38.8 Å². The largest absolute Gasteiger partial charge is 0.480 e. The van der Waals surface area contributed by atoms with Crippen LogP contribution in [0.3, 0.4) is 0 Å². The highest BCUT2D eigenvalue weighted by molar-refractivity contribution is 9.10. The number of alkyl carbamates (subject to hydrolysis) is 1. The summed E-state index contributed by atoms with van der Waals surface area (Å²) in [6.45, 7) is 5.49. The van der Waals surface area contributed by atoms with Gasteiger partial charge in [-0.2, -0.15) is 5.10 Å². The van der Waals surface area contributed by atoms with Crippen LogP contribution < -0.4 is 5.32 Å². The minimum Gasteiger partial charge on any atom is -0.480 e. The lowest BCUT2D eigenvalue weighted by Gasteiger charge is -2.23. The van der Waals surface area contributed by atoms with E-state index in [4.69, 9.17) is 4.74 Å². The van der Waals surface area contributed by atoms with Gasteiger partial charge in [0.25, 0.3) is 0 Å². The predicted molar refractivity (Wildman–Crippen MR) is 124 cm³/mol. The minimum absolute atomic E-state index is 0.0965. The van der Waals surface area contributed by atoms with E-state index < -0.39 is 24.1 Å². The number of carbonyl (C=O) groups is 2. The van der Waals surface area contributed by atoms with Crippen LogP contribution in [0, 0.1) is 13.8 Å². The number of aromatic nitrogens is 2. The molecular formula is C24H24BrN3O4. The summed E-state index contributed by atoms with van der Waals surface area (Å²) in [6.07, 6.45) is -0.772. The first kappa shape index (κ1) is 22.1. The lowest BCUT2D eigenvalue weighted by Crippen LogP contribution is -2.46. The fourth-order valence-corrected chi connectivity index (χ4v) is 4.60. The standard InChI is InChI=1S/C24H24BrN3O4/c1-13-21(25)14(2)28(27-13)15(3)22(23(29)30)26-24(31)32-12-20-18-10-6-4-8-16(18)17-9-5-7-11-19(17)20/h4-11,15,20,22H,12H2,1-3H3,(H,26,31)(H,29,30). The minimum atomic E-state index is -1.20. The summed E-state index contributed by atoms with van der Waals surface area (Å²) < 4.78 is 7.93. The molecule has 0 aliphatic heterocycles. The molecule has 7 nitrogen and oxygen atoms in total. The average molecular weight is 498 g/mol. The van der Waals surface area contributed by atoms with Gasteiger partial charge in [-0.25, -0.2) is 9.59 Å². The van der Waals surface area contributed by atoms with Crippen LogP contribution in [0.15, 0.2) is 53.0 Å². The maximum absolute atomic E-state index is 12.6. The van der Waals surface area contributed by atoms with Crippen LogP contribution in [0.25, 0.3) is 11.1 Å². The van der Waals surface area contributed by atoms with Crippen LogP contribution in [-0.2, 0) is 9.53 Å². The van der Waals surface area contributed by atoms with Gasteiger partial charge in [-0.3, -0.25) is 4.68 Å². The van der Waals surface area contributed by atoms with Gasteiger partial charge in [0.05, 0.1) is 21.9 Å². The van der Waals surface area contributed by atoms with Gasteiger partial charge >= 0.3 is 12.1 Å². The Morgan fingerprint density at radius 2 is 1.69 bits per heavy atom. The monoisotopic (exact) mass is 497 g/mol. The first-order valence-electron chi connectivity index (χ1n) is 10.3. The number of carboxylic acids is 1. The van der Waals surface area contributed by atoms with E-state index in [0.29, 0.717) is 0 Å². The second-order valence-corrected chi connectivity index (χ2v) is 8.75. The third kappa shape index (κ3) is 3.90. The number of hydrogen-bond donors (Lipinski definition) is 2. The van der Waals surface area contributed by atoms with Gasteiger partial charge in [0.15, 0.2) is 6.04 Å². The number of fused-ring (bicyclic) bond motifs is 3. The highest BCUT2D eigenvalue weighted by atomic mass is 79.9. The van der Waals surface area contributed by atoms with E-state index >= 15 is 0 Å². The molecule has 2 unspecified atom stereocenters. The smallest absolute Gasteiger partial charge is 0.407 e. The Bertz CT molecular complexity index is 1140. The fraction of sp³-hybridized carbons (Fsp3) is 0.292. The third-order valence-electron chi connectivity index (χ3n) is 5.99. The molecule has 4 rings (SSSR count). The summed E-state index contributed by atoms with van der Waals surface area (Å²) in [6, 6.07) is 14.3. The number of hydrogen-bond acceptors (Lipinski definition) is 4. The normalized spacial score (nSPS) is 14.4. The number of nitrogens with one attached hydrogen (secondary N) is 1. The maximum atomic E-state index is 12.6. The third-order valence-corrected chi connectivity index (χ3v) is 7.14. The van der Waals surface area contributed by atoms with Gasteiger partial charge in [-0.05, 0) is 59.0 Å². The maximum Gasteiger partial charge on any atom is 0.407 e. The second-order valence-electron chi connectivity index (χ2n) is 7.96. The molecule has 2 N–H and O–H groups in total. The van der Waals surface area contributed by atoms with Crippen LogP contribution >= 0.6 is 15.9 Å². The Balaban J connectivity index is 1.48. The SMILES string of the molecule is Cc1nn(C(C)C(NC(=O)OCC2c3ccccc3-c3ccccc32)C(=O)O)c(C)c1Br. The van der Waals surface area contributed by atoms with Gasteiger partial charge in [0, 0.05) is 5.92 Å². The molecule has 0 fully saturated rings. The zero-order valence-electron chi connectivity index (χ0n) is 18.0. The van der Waals surface area contributed by atoms with Crippen LogP contribution in [0.2, 0.25) is 0 Å². The lowest BCUT2D eigenvalue weighted by atomic mass is 9.98. The Labute approximate surface area is 194 Å². The summed E-state index contributed by atoms with van der Waals surface area (Å²) >= 11 is 3.45. The molecule has 3 aromatic rings. The molecule has 1 amide bonds. The van der Waals surface area contributed by atoms with Gasteiger partial charge in [0.2, 0.25) is 0 Å². The van der Waals surface area contributed by atoms with Crippen molar-refractivity contribution in [2.24, 2.45) is 0 Å². The molecule has 0 saturated heterocycles. The number of amides is 1. The topological polar surface area (TPSA) is 93.5 Å². The lowest BCUT2D eigenvalue weighted by molar-refractivity contribution is -0.140. The number of benzene rings is 2. The van der Waals surface area contributed by atoms with E-state index in [2.05, 4.69) is 38.5 Å². The highest BCUT2D eigenvalue weighted by Gasteiger charge is 2.32. The Morgan fingerprint density at radius 1 is 1.12 bits per heavy atom. The van der Waals surface area contributed by atoms with Gasteiger partial charge in [0.1, 0.15) is 6.61 Å². The zero-order valence-corrected chi connectivity index (χ0v) is 19.6. The van der Waals surface area contributed by atoms with Crippen molar-refractivity contribution in [3.8, 4) is 11.1 Å². The first-order chi connectivity index (χ1) is 15.3. The molecule has 1 aliphatic carbocycles. The van der Waals surface area contributed by atoms with E-state index in [1.807, 2.05) is 50.2 Å². The highest BCUT2D eigenvalue weighted by Crippen LogP contribution is 2.44. The van der Waals surface area contributed by atoms with E-state index in [0.717, 1.165) is 38.1 Å². The van der Waals surface area contributed by atoms with E-state index in [-0.39, 0.29) is 12.5 Å². The van der Waals surface area contributed by atoms with Crippen molar-refractivity contribution in [1.82, 2.24) is 15.1 Å².